The van der Waals surface area contributed by atoms with Gasteiger partial charge in [-0.25, -0.2) is 0 Å². The van der Waals surface area contributed by atoms with E-state index in [1.165, 1.54) is 30.3 Å². The lowest BCUT2D eigenvalue weighted by Gasteiger charge is -2.16. The highest BCUT2D eigenvalue weighted by molar-refractivity contribution is 6.32. The number of carboxylic acid groups (broad SMARTS) is 1. The van der Waals surface area contributed by atoms with Gasteiger partial charge in [-0.15, -0.1) is 0 Å². The smallest absolute Gasteiger partial charge is 0.280 e. The molecule has 0 saturated heterocycles. The van der Waals surface area contributed by atoms with Gasteiger partial charge in [-0.3, -0.25) is 14.9 Å². The molecule has 0 radical (unpaired) electrons. The molecule has 9 nitrogen and oxygen atoms in total. The van der Waals surface area contributed by atoms with Crippen molar-refractivity contribution in [2.75, 3.05) is 24.0 Å². The van der Waals surface area contributed by atoms with Gasteiger partial charge in [0.05, 0.1) is 27.9 Å². The molecule has 148 valence electrons. The first kappa shape index (κ1) is 19.7. The molecule has 29 heavy (non-hydrogen) atoms. The van der Waals surface area contributed by atoms with Crippen molar-refractivity contribution in [3.8, 4) is 0 Å². The topological polar surface area (TPSA) is 119 Å². The van der Waals surface area contributed by atoms with E-state index in [-0.39, 0.29) is 22.5 Å². The monoisotopic (exact) mass is 393 g/mol. The second-order valence-corrected chi connectivity index (χ2v) is 6.59. The normalized spacial score (nSPS) is 14.9. The van der Waals surface area contributed by atoms with Crippen LogP contribution in [0.2, 0.25) is 0 Å². The third-order valence-electron chi connectivity index (χ3n) is 4.39. The van der Waals surface area contributed by atoms with Crippen LogP contribution in [-0.4, -0.2) is 36.6 Å². The molecule has 1 aliphatic heterocycles. The molecule has 1 aliphatic rings. The summed E-state index contributed by atoms with van der Waals surface area (Å²) >= 11 is 0. The van der Waals surface area contributed by atoms with Crippen LogP contribution < -0.4 is 15.0 Å². The molecule has 1 heterocycles. The van der Waals surface area contributed by atoms with E-state index in [0.717, 1.165) is 5.01 Å². The van der Waals surface area contributed by atoms with Gasteiger partial charge in [-0.05, 0) is 36.8 Å². The van der Waals surface area contributed by atoms with E-state index >= 15 is 0 Å². The fraction of sp³-hybridized carbons (Fsp3) is 0.150. The molecule has 0 unspecified atom stereocenters. The van der Waals surface area contributed by atoms with Crippen LogP contribution in [0.1, 0.15) is 22.8 Å². The second kappa shape index (κ2) is 7.55. The average Bonchev–Trinajstić information content (AvgIpc) is 2.96. The summed E-state index contributed by atoms with van der Waals surface area (Å²) in [6.45, 7) is 1.64. The van der Waals surface area contributed by atoms with E-state index in [0.29, 0.717) is 17.0 Å². The Labute approximate surface area is 166 Å². The third kappa shape index (κ3) is 3.84. The number of amides is 1. The number of benzene rings is 2. The minimum atomic E-state index is -1.36. The van der Waals surface area contributed by atoms with Crippen LogP contribution >= 0.6 is 0 Å². The Morgan fingerprint density at radius 3 is 2.55 bits per heavy atom. The zero-order chi connectivity index (χ0) is 21.3. The molecule has 0 bridgehead atoms. The van der Waals surface area contributed by atoms with Gasteiger partial charge in [0, 0.05) is 37.5 Å². The van der Waals surface area contributed by atoms with Gasteiger partial charge in [0.2, 0.25) is 0 Å². The fourth-order valence-corrected chi connectivity index (χ4v) is 2.96. The largest absolute Gasteiger partial charge is 0.545 e. The lowest BCUT2D eigenvalue weighted by Crippen LogP contribution is -2.24. The van der Waals surface area contributed by atoms with E-state index in [1.807, 2.05) is 0 Å². The first-order valence-electron chi connectivity index (χ1n) is 8.58. The Morgan fingerprint density at radius 1 is 1.21 bits per heavy atom. The highest BCUT2D eigenvalue weighted by atomic mass is 16.6. The van der Waals surface area contributed by atoms with Gasteiger partial charge in [0.15, 0.2) is 0 Å². The summed E-state index contributed by atoms with van der Waals surface area (Å²) in [5.74, 6) is -1.82. The molecule has 2 aromatic rings. The zero-order valence-corrected chi connectivity index (χ0v) is 15.9. The summed E-state index contributed by atoms with van der Waals surface area (Å²) in [6.07, 6.45) is 1.55. The highest BCUT2D eigenvalue weighted by Crippen LogP contribution is 2.30. The summed E-state index contributed by atoms with van der Waals surface area (Å²) < 4.78 is 0. The molecule has 0 saturated carbocycles. The predicted octanol–water partition coefficient (Wildman–Crippen LogP) is 1.83. The standard InChI is InChI=1S/C20H18N4O5/c1-12-17(11-14-10-16(24(28)29)7-8-18(14)22(2)3)19(25)23(21-12)15-6-4-5-13(9-15)20(26)27/h4-11H,1-3H3,(H,26,27)/p-1/b17-11-. The van der Waals surface area contributed by atoms with Crippen molar-refractivity contribution in [1.82, 2.24) is 0 Å². The summed E-state index contributed by atoms with van der Waals surface area (Å²) in [6, 6.07) is 10.1. The Balaban J connectivity index is 2.04. The molecule has 0 N–H and O–H groups in total. The lowest BCUT2D eigenvalue weighted by molar-refractivity contribution is -0.384. The van der Waals surface area contributed by atoms with Gasteiger partial charge >= 0.3 is 0 Å². The molecule has 0 fully saturated rings. The van der Waals surface area contributed by atoms with Gasteiger partial charge in [0.25, 0.3) is 11.6 Å². The Morgan fingerprint density at radius 2 is 1.93 bits per heavy atom. The minimum absolute atomic E-state index is 0.0749. The van der Waals surface area contributed by atoms with Crippen LogP contribution in [0.3, 0.4) is 0 Å². The molecular weight excluding hydrogens is 376 g/mol. The van der Waals surface area contributed by atoms with Crippen LogP contribution in [-0.2, 0) is 4.79 Å². The molecule has 3 rings (SSSR count). The van der Waals surface area contributed by atoms with Crippen molar-refractivity contribution in [2.45, 2.75) is 6.92 Å². The average molecular weight is 393 g/mol. The van der Waals surface area contributed by atoms with Gasteiger partial charge in [-0.2, -0.15) is 10.1 Å². The highest BCUT2D eigenvalue weighted by Gasteiger charge is 2.29. The summed E-state index contributed by atoms with van der Waals surface area (Å²) in [4.78, 5) is 36.4. The summed E-state index contributed by atoms with van der Waals surface area (Å²) in [5.41, 5.74) is 1.97. The van der Waals surface area contributed by atoms with Crippen LogP contribution in [0.4, 0.5) is 17.1 Å². The van der Waals surface area contributed by atoms with E-state index in [4.69, 9.17) is 0 Å². The number of nitro benzene ring substituents is 1. The number of carboxylic acids is 1. The first-order valence-corrected chi connectivity index (χ1v) is 8.58. The van der Waals surface area contributed by atoms with Crippen molar-refractivity contribution in [2.24, 2.45) is 5.10 Å². The van der Waals surface area contributed by atoms with Crippen LogP contribution in [0.15, 0.2) is 53.1 Å². The fourth-order valence-electron chi connectivity index (χ4n) is 2.96. The second-order valence-electron chi connectivity index (χ2n) is 6.59. The zero-order valence-electron chi connectivity index (χ0n) is 15.9. The molecule has 2 aromatic carbocycles. The molecule has 0 atom stereocenters. The number of nitrogens with zero attached hydrogens (tertiary/aromatic N) is 4. The third-order valence-corrected chi connectivity index (χ3v) is 4.39. The molecule has 0 aromatic heterocycles. The molecule has 0 aliphatic carbocycles. The van der Waals surface area contributed by atoms with Gasteiger partial charge in [-0.1, -0.05) is 12.1 Å². The Hall–Kier alpha value is -4.01. The summed E-state index contributed by atoms with van der Waals surface area (Å²) in [5, 5.41) is 27.5. The molecule has 0 spiro atoms. The number of anilines is 2. The molecular formula is C20H17N4O5-. The van der Waals surface area contributed by atoms with Crippen molar-refractivity contribution >= 4 is 40.7 Å². The number of rotatable bonds is 5. The van der Waals surface area contributed by atoms with E-state index in [9.17, 15) is 24.8 Å². The van der Waals surface area contributed by atoms with Crippen LogP contribution in [0, 0.1) is 10.1 Å². The van der Waals surface area contributed by atoms with E-state index in [2.05, 4.69) is 5.10 Å². The number of nitro groups is 1. The maximum atomic E-state index is 12.9. The van der Waals surface area contributed by atoms with Gasteiger partial charge < -0.3 is 14.8 Å². The number of hydrazone groups is 1. The maximum Gasteiger partial charge on any atom is 0.280 e. The number of hydrogen-bond acceptors (Lipinski definition) is 7. The van der Waals surface area contributed by atoms with Crippen molar-refractivity contribution in [3.05, 3.63) is 69.3 Å². The number of carbonyl (C=O) groups is 2. The minimum Gasteiger partial charge on any atom is -0.545 e. The Bertz CT molecular complexity index is 1090. The van der Waals surface area contributed by atoms with E-state index < -0.39 is 16.8 Å². The Kier molecular flexibility index (Phi) is 5.14. The van der Waals surface area contributed by atoms with E-state index in [1.54, 1.807) is 44.1 Å². The van der Waals surface area contributed by atoms with Crippen molar-refractivity contribution in [1.29, 1.82) is 0 Å². The number of carbonyl (C=O) groups excluding carboxylic acids is 2. The lowest BCUT2D eigenvalue weighted by atomic mass is 10.0. The first-order chi connectivity index (χ1) is 13.7. The van der Waals surface area contributed by atoms with Crippen molar-refractivity contribution in [3.63, 3.8) is 0 Å². The quantitative estimate of drug-likeness (QED) is 0.434. The van der Waals surface area contributed by atoms with Crippen LogP contribution in [0.5, 0.6) is 0 Å². The van der Waals surface area contributed by atoms with Gasteiger partial charge in [0.1, 0.15) is 0 Å². The maximum absolute atomic E-state index is 12.9. The number of aromatic carboxylic acids is 1. The predicted molar refractivity (Wildman–Crippen MR) is 107 cm³/mol. The molecule has 9 heteroatoms. The van der Waals surface area contributed by atoms with Crippen LogP contribution in [0.25, 0.3) is 6.08 Å². The SMILES string of the molecule is CC1=NN(c2cccc(C(=O)[O-])c2)C(=O)/C1=C\c1cc([N+](=O)[O-])ccc1N(C)C. The number of hydrogen-bond donors (Lipinski definition) is 0. The number of non-ortho nitro benzene ring substituents is 1. The van der Waals surface area contributed by atoms with Crippen molar-refractivity contribution < 1.29 is 19.6 Å². The summed E-state index contributed by atoms with van der Waals surface area (Å²) in [7, 11) is 3.58. The molecule has 1 amide bonds.